The highest BCUT2D eigenvalue weighted by atomic mass is 15.2. The summed E-state index contributed by atoms with van der Waals surface area (Å²) in [5, 5.41) is 3.20. The Kier molecular flexibility index (Phi) is 4.19. The summed E-state index contributed by atoms with van der Waals surface area (Å²) < 4.78 is 0. The summed E-state index contributed by atoms with van der Waals surface area (Å²) in [6.07, 6.45) is 5.56. The average Bonchev–Trinajstić information content (AvgIpc) is 2.99. The average molecular weight is 258 g/mol. The van der Waals surface area contributed by atoms with Gasteiger partial charge in [-0.2, -0.15) is 0 Å². The van der Waals surface area contributed by atoms with E-state index in [-0.39, 0.29) is 0 Å². The molecule has 19 heavy (non-hydrogen) atoms. The molecule has 0 bridgehead atoms. The molecule has 2 nitrogen and oxygen atoms in total. The molecular weight excluding hydrogens is 232 g/mol. The maximum atomic E-state index is 3.20. The third kappa shape index (κ3) is 3.18. The lowest BCUT2D eigenvalue weighted by Gasteiger charge is -2.17. The lowest BCUT2D eigenvalue weighted by atomic mass is 10.0. The summed E-state index contributed by atoms with van der Waals surface area (Å²) in [7, 11) is 2.01. The molecule has 0 radical (unpaired) electrons. The van der Waals surface area contributed by atoms with E-state index in [1.54, 1.807) is 0 Å². The van der Waals surface area contributed by atoms with Crippen molar-refractivity contribution in [1.29, 1.82) is 0 Å². The molecule has 1 aromatic carbocycles. The summed E-state index contributed by atoms with van der Waals surface area (Å²) in [6, 6.07) is 9.23. The Morgan fingerprint density at radius 1 is 1.05 bits per heavy atom. The number of hydrogen-bond donors (Lipinski definition) is 1. The highest BCUT2D eigenvalue weighted by Gasteiger charge is 2.35. The van der Waals surface area contributed by atoms with Crippen LogP contribution in [0.15, 0.2) is 24.3 Å². The molecule has 3 rings (SSSR count). The zero-order valence-corrected chi connectivity index (χ0v) is 12.1. The van der Waals surface area contributed by atoms with Gasteiger partial charge in [-0.3, -0.25) is 4.90 Å². The van der Waals surface area contributed by atoms with Crippen LogP contribution in [0.5, 0.6) is 0 Å². The van der Waals surface area contributed by atoms with Crippen LogP contribution in [0.25, 0.3) is 0 Å². The maximum absolute atomic E-state index is 3.20. The summed E-state index contributed by atoms with van der Waals surface area (Å²) in [5.41, 5.74) is 2.92. The monoisotopic (exact) mass is 258 g/mol. The molecule has 1 saturated carbocycles. The van der Waals surface area contributed by atoms with Crippen molar-refractivity contribution in [2.24, 2.45) is 11.8 Å². The van der Waals surface area contributed by atoms with Gasteiger partial charge in [0.15, 0.2) is 0 Å². The smallest absolute Gasteiger partial charge is 0.0233 e. The van der Waals surface area contributed by atoms with Gasteiger partial charge in [0.1, 0.15) is 0 Å². The number of nitrogens with one attached hydrogen (secondary N) is 1. The van der Waals surface area contributed by atoms with E-state index in [0.717, 1.165) is 31.3 Å². The van der Waals surface area contributed by atoms with Crippen molar-refractivity contribution in [3.63, 3.8) is 0 Å². The Morgan fingerprint density at radius 2 is 1.68 bits per heavy atom. The van der Waals surface area contributed by atoms with Gasteiger partial charge in [-0.1, -0.05) is 30.7 Å². The fourth-order valence-corrected chi connectivity index (χ4v) is 3.80. The number of fused-ring (bicyclic) bond motifs is 1. The molecule has 1 saturated heterocycles. The Morgan fingerprint density at radius 3 is 2.32 bits per heavy atom. The Labute approximate surface area is 117 Å². The first-order valence-electron chi connectivity index (χ1n) is 7.80. The zero-order valence-electron chi connectivity index (χ0n) is 12.1. The van der Waals surface area contributed by atoms with Crippen molar-refractivity contribution in [3.8, 4) is 0 Å². The van der Waals surface area contributed by atoms with Crippen LogP contribution < -0.4 is 5.32 Å². The minimum Gasteiger partial charge on any atom is -0.319 e. The minimum absolute atomic E-state index is 1.01. The summed E-state index contributed by atoms with van der Waals surface area (Å²) in [5.74, 6) is 2.02. The van der Waals surface area contributed by atoms with Gasteiger partial charge in [0, 0.05) is 19.6 Å². The number of benzene rings is 1. The van der Waals surface area contributed by atoms with Crippen LogP contribution in [0.2, 0.25) is 0 Å². The first kappa shape index (κ1) is 13.1. The Bertz CT molecular complexity index is 386. The SMILES string of the molecule is CNCCc1ccc(CN2CC3CCCC3C2)cc1. The molecule has 2 heteroatoms. The second kappa shape index (κ2) is 6.06. The van der Waals surface area contributed by atoms with E-state index >= 15 is 0 Å². The molecule has 1 aliphatic heterocycles. The summed E-state index contributed by atoms with van der Waals surface area (Å²) in [6.45, 7) is 4.90. The van der Waals surface area contributed by atoms with Crippen LogP contribution in [0.1, 0.15) is 30.4 Å². The van der Waals surface area contributed by atoms with Gasteiger partial charge in [-0.05, 0) is 55.8 Å². The predicted molar refractivity (Wildman–Crippen MR) is 80.2 cm³/mol. The van der Waals surface area contributed by atoms with Crippen molar-refractivity contribution in [3.05, 3.63) is 35.4 Å². The van der Waals surface area contributed by atoms with E-state index in [4.69, 9.17) is 0 Å². The lowest BCUT2D eigenvalue weighted by Crippen LogP contribution is -2.21. The molecule has 1 aromatic rings. The molecule has 0 aromatic heterocycles. The highest BCUT2D eigenvalue weighted by Crippen LogP contribution is 2.38. The van der Waals surface area contributed by atoms with E-state index in [2.05, 4.69) is 34.5 Å². The van der Waals surface area contributed by atoms with Gasteiger partial charge in [-0.25, -0.2) is 0 Å². The van der Waals surface area contributed by atoms with Gasteiger partial charge in [0.2, 0.25) is 0 Å². The van der Waals surface area contributed by atoms with Crippen LogP contribution in [0, 0.1) is 11.8 Å². The minimum atomic E-state index is 1.01. The van der Waals surface area contributed by atoms with Crippen molar-refractivity contribution in [2.45, 2.75) is 32.2 Å². The van der Waals surface area contributed by atoms with Crippen LogP contribution in [-0.4, -0.2) is 31.6 Å². The molecule has 2 fully saturated rings. The third-order valence-corrected chi connectivity index (χ3v) is 4.89. The number of likely N-dealkylation sites (tertiary alicyclic amines) is 1. The van der Waals surface area contributed by atoms with Gasteiger partial charge in [0.25, 0.3) is 0 Å². The molecule has 2 unspecified atom stereocenters. The fourth-order valence-electron chi connectivity index (χ4n) is 3.80. The van der Waals surface area contributed by atoms with Gasteiger partial charge in [0.05, 0.1) is 0 Å². The quantitative estimate of drug-likeness (QED) is 0.873. The molecule has 1 heterocycles. The van der Waals surface area contributed by atoms with Gasteiger partial charge < -0.3 is 5.32 Å². The van der Waals surface area contributed by atoms with E-state index in [1.807, 2.05) is 7.05 Å². The van der Waals surface area contributed by atoms with Gasteiger partial charge >= 0.3 is 0 Å². The fraction of sp³-hybridized carbons (Fsp3) is 0.647. The first-order chi connectivity index (χ1) is 9.35. The normalized spacial score (nSPS) is 26.8. The van der Waals surface area contributed by atoms with Crippen LogP contribution >= 0.6 is 0 Å². The standard InChI is InChI=1S/C17H26N2/c1-18-10-9-14-5-7-15(8-6-14)11-19-12-16-3-2-4-17(16)13-19/h5-8,16-18H,2-4,9-13H2,1H3. The van der Waals surface area contributed by atoms with E-state index in [9.17, 15) is 0 Å². The first-order valence-corrected chi connectivity index (χ1v) is 7.80. The molecule has 2 aliphatic rings. The highest BCUT2D eigenvalue weighted by molar-refractivity contribution is 5.23. The number of rotatable bonds is 5. The maximum Gasteiger partial charge on any atom is 0.0233 e. The van der Waals surface area contributed by atoms with Crippen LogP contribution in [-0.2, 0) is 13.0 Å². The second-order valence-electron chi connectivity index (χ2n) is 6.32. The summed E-state index contributed by atoms with van der Waals surface area (Å²) >= 11 is 0. The summed E-state index contributed by atoms with van der Waals surface area (Å²) in [4.78, 5) is 2.66. The third-order valence-electron chi connectivity index (χ3n) is 4.89. The molecule has 2 atom stereocenters. The van der Waals surface area contributed by atoms with Crippen LogP contribution in [0.4, 0.5) is 0 Å². The largest absolute Gasteiger partial charge is 0.319 e. The molecule has 0 amide bonds. The lowest BCUT2D eigenvalue weighted by molar-refractivity contribution is 0.303. The Balaban J connectivity index is 1.52. The van der Waals surface area contributed by atoms with Crippen LogP contribution in [0.3, 0.4) is 0 Å². The predicted octanol–water partition coefficient (Wildman–Crippen LogP) is 2.68. The molecule has 0 spiro atoms. The van der Waals surface area contributed by atoms with E-state index in [1.165, 1.54) is 43.5 Å². The van der Waals surface area contributed by atoms with Crippen molar-refractivity contribution >= 4 is 0 Å². The van der Waals surface area contributed by atoms with Gasteiger partial charge in [-0.15, -0.1) is 0 Å². The zero-order chi connectivity index (χ0) is 13.1. The van der Waals surface area contributed by atoms with Crippen molar-refractivity contribution in [2.75, 3.05) is 26.7 Å². The topological polar surface area (TPSA) is 15.3 Å². The number of likely N-dealkylation sites (N-methyl/N-ethyl adjacent to an activating group) is 1. The Hall–Kier alpha value is -0.860. The number of nitrogens with zero attached hydrogens (tertiary/aromatic N) is 1. The van der Waals surface area contributed by atoms with E-state index in [0.29, 0.717) is 0 Å². The molecule has 1 aliphatic carbocycles. The van der Waals surface area contributed by atoms with Crippen molar-refractivity contribution < 1.29 is 0 Å². The van der Waals surface area contributed by atoms with Crippen molar-refractivity contribution in [1.82, 2.24) is 10.2 Å². The molecule has 104 valence electrons. The molecular formula is C17H26N2. The molecule has 1 N–H and O–H groups in total. The number of hydrogen-bond acceptors (Lipinski definition) is 2. The second-order valence-corrected chi connectivity index (χ2v) is 6.32. The van der Waals surface area contributed by atoms with E-state index < -0.39 is 0 Å².